The van der Waals surface area contributed by atoms with Crippen molar-refractivity contribution in [1.82, 2.24) is 5.43 Å². The Morgan fingerprint density at radius 1 is 1.14 bits per heavy atom. The Bertz CT molecular complexity index is 928. The minimum Gasteiger partial charge on any atom is -0.490 e. The van der Waals surface area contributed by atoms with E-state index in [1.165, 1.54) is 30.5 Å². The van der Waals surface area contributed by atoms with E-state index in [-0.39, 0.29) is 29.4 Å². The zero-order valence-corrected chi connectivity index (χ0v) is 15.8. The van der Waals surface area contributed by atoms with Crippen LogP contribution in [0.3, 0.4) is 0 Å². The van der Waals surface area contributed by atoms with Crippen molar-refractivity contribution >= 4 is 24.0 Å². The van der Waals surface area contributed by atoms with E-state index in [1.54, 1.807) is 26.0 Å². The summed E-state index contributed by atoms with van der Waals surface area (Å²) in [6.45, 7) is 3.96. The van der Waals surface area contributed by atoms with Crippen molar-refractivity contribution < 1.29 is 28.7 Å². The molecule has 0 radical (unpaired) electrons. The second-order valence-electron chi connectivity index (χ2n) is 5.43. The van der Waals surface area contributed by atoms with Gasteiger partial charge in [0, 0.05) is 12.1 Å². The zero-order valence-electron chi connectivity index (χ0n) is 15.8. The van der Waals surface area contributed by atoms with Crippen molar-refractivity contribution in [2.24, 2.45) is 5.10 Å². The van der Waals surface area contributed by atoms with Gasteiger partial charge in [-0.15, -0.1) is 0 Å². The number of hydrogen-bond acceptors (Lipinski definition) is 8. The molecule has 0 aliphatic heterocycles. The first kappa shape index (κ1) is 21.4. The third-order valence-electron chi connectivity index (χ3n) is 3.41. The smallest absolute Gasteiger partial charge is 0.427 e. The van der Waals surface area contributed by atoms with Crippen molar-refractivity contribution in [3.8, 4) is 11.5 Å². The van der Waals surface area contributed by atoms with Crippen LogP contribution in [-0.4, -0.2) is 36.4 Å². The molecule has 1 amide bonds. The Balaban J connectivity index is 2.16. The van der Waals surface area contributed by atoms with Crippen molar-refractivity contribution in [1.29, 1.82) is 0 Å². The van der Waals surface area contributed by atoms with Gasteiger partial charge in [-0.3, -0.25) is 10.1 Å². The number of hydrazone groups is 1. The number of non-ortho nitro benzene ring substituents is 1. The Morgan fingerprint density at radius 2 is 1.93 bits per heavy atom. The molecule has 0 aliphatic rings. The minimum absolute atomic E-state index is 0.0333. The highest BCUT2D eigenvalue weighted by atomic mass is 16.6. The van der Waals surface area contributed by atoms with E-state index in [9.17, 15) is 19.7 Å². The van der Waals surface area contributed by atoms with Gasteiger partial charge >= 0.3 is 12.1 Å². The summed E-state index contributed by atoms with van der Waals surface area (Å²) < 4.78 is 15.5. The molecule has 1 N–H and O–H groups in total. The predicted molar refractivity (Wildman–Crippen MR) is 103 cm³/mol. The quantitative estimate of drug-likeness (QED) is 0.236. The minimum atomic E-state index is -0.764. The second-order valence-corrected chi connectivity index (χ2v) is 5.43. The van der Waals surface area contributed by atoms with Gasteiger partial charge in [-0.25, -0.2) is 15.0 Å². The highest BCUT2D eigenvalue weighted by Gasteiger charge is 2.16. The molecule has 0 heterocycles. The molecular weight excluding hydrogens is 382 g/mol. The van der Waals surface area contributed by atoms with Crippen molar-refractivity contribution in [2.45, 2.75) is 13.8 Å². The lowest BCUT2D eigenvalue weighted by molar-refractivity contribution is -0.384. The highest BCUT2D eigenvalue weighted by molar-refractivity contribution is 5.92. The van der Waals surface area contributed by atoms with Crippen LogP contribution in [0.15, 0.2) is 47.6 Å². The predicted octanol–water partition coefficient (Wildman–Crippen LogP) is 3.29. The van der Waals surface area contributed by atoms with E-state index in [4.69, 9.17) is 9.47 Å². The fourth-order valence-electron chi connectivity index (χ4n) is 2.19. The molecule has 0 aliphatic carbocycles. The third-order valence-corrected chi connectivity index (χ3v) is 3.41. The average Bonchev–Trinajstić information content (AvgIpc) is 2.70. The van der Waals surface area contributed by atoms with Crippen LogP contribution in [0.25, 0.3) is 0 Å². The summed E-state index contributed by atoms with van der Waals surface area (Å²) in [5.41, 5.74) is 2.58. The Labute approximate surface area is 166 Å². The lowest BCUT2D eigenvalue weighted by Gasteiger charge is -2.11. The van der Waals surface area contributed by atoms with Gasteiger partial charge in [0.2, 0.25) is 0 Å². The SMILES string of the molecule is CCOC(=O)N/N=C/c1ccc(OC(=O)c2cccc([N+](=O)[O-])c2)c(OCC)c1. The first-order chi connectivity index (χ1) is 13.9. The van der Waals surface area contributed by atoms with E-state index in [2.05, 4.69) is 15.3 Å². The van der Waals surface area contributed by atoms with Crippen molar-refractivity contribution in [2.75, 3.05) is 13.2 Å². The van der Waals surface area contributed by atoms with Gasteiger partial charge in [-0.1, -0.05) is 6.07 Å². The summed E-state index contributed by atoms with van der Waals surface area (Å²) >= 11 is 0. The van der Waals surface area contributed by atoms with Gasteiger partial charge in [0.1, 0.15) is 0 Å². The maximum Gasteiger partial charge on any atom is 0.427 e. The summed E-state index contributed by atoms with van der Waals surface area (Å²) in [5.74, 6) is -0.356. The summed E-state index contributed by atoms with van der Waals surface area (Å²) in [5, 5.41) is 14.6. The molecular formula is C19H19N3O7. The fraction of sp³-hybridized carbons (Fsp3) is 0.211. The van der Waals surface area contributed by atoms with E-state index in [1.807, 2.05) is 0 Å². The molecule has 0 fully saturated rings. The number of nitro benzene ring substituents is 1. The van der Waals surface area contributed by atoms with Gasteiger partial charge < -0.3 is 14.2 Å². The van der Waals surface area contributed by atoms with Gasteiger partial charge in [0.05, 0.1) is 29.9 Å². The fourth-order valence-corrected chi connectivity index (χ4v) is 2.19. The molecule has 0 saturated carbocycles. The molecule has 29 heavy (non-hydrogen) atoms. The molecule has 2 aromatic rings. The summed E-state index contributed by atoms with van der Waals surface area (Å²) in [6, 6.07) is 9.87. The standard InChI is InChI=1S/C19H19N3O7/c1-3-27-17-10-13(12-20-21-19(24)28-4-2)8-9-16(17)29-18(23)14-6-5-7-15(11-14)22(25)26/h5-12H,3-4H2,1-2H3,(H,21,24)/b20-12+. The normalized spacial score (nSPS) is 10.4. The summed E-state index contributed by atoms with van der Waals surface area (Å²) in [7, 11) is 0. The van der Waals surface area contributed by atoms with Gasteiger partial charge in [0.15, 0.2) is 11.5 Å². The molecule has 0 bridgehead atoms. The van der Waals surface area contributed by atoms with Gasteiger partial charge in [-0.2, -0.15) is 5.10 Å². The van der Waals surface area contributed by atoms with Crippen LogP contribution in [0, 0.1) is 10.1 Å². The first-order valence-corrected chi connectivity index (χ1v) is 8.63. The van der Waals surface area contributed by atoms with Crippen LogP contribution in [0.2, 0.25) is 0 Å². The number of hydrogen-bond donors (Lipinski definition) is 1. The van der Waals surface area contributed by atoms with Crippen molar-refractivity contribution in [3.05, 3.63) is 63.7 Å². The van der Waals surface area contributed by atoms with E-state index in [0.29, 0.717) is 12.2 Å². The first-order valence-electron chi connectivity index (χ1n) is 8.63. The molecule has 10 nitrogen and oxygen atoms in total. The number of nitro groups is 1. The Hall–Kier alpha value is -3.95. The van der Waals surface area contributed by atoms with Crippen LogP contribution < -0.4 is 14.9 Å². The second kappa shape index (κ2) is 10.4. The van der Waals surface area contributed by atoms with Crippen molar-refractivity contribution in [3.63, 3.8) is 0 Å². The molecule has 0 aromatic heterocycles. The van der Waals surface area contributed by atoms with E-state index in [0.717, 1.165) is 6.07 Å². The summed E-state index contributed by atoms with van der Waals surface area (Å²) in [6.07, 6.45) is 0.683. The van der Waals surface area contributed by atoms with Crippen LogP contribution in [0.4, 0.5) is 10.5 Å². The van der Waals surface area contributed by atoms with E-state index < -0.39 is 17.0 Å². The third kappa shape index (κ3) is 6.31. The summed E-state index contributed by atoms with van der Waals surface area (Å²) in [4.78, 5) is 33.8. The van der Waals surface area contributed by atoms with Crippen LogP contribution in [0.1, 0.15) is 29.8 Å². The molecule has 0 unspecified atom stereocenters. The topological polar surface area (TPSA) is 129 Å². The maximum atomic E-state index is 12.4. The number of nitrogens with zero attached hydrogens (tertiary/aromatic N) is 2. The van der Waals surface area contributed by atoms with Crippen LogP contribution >= 0.6 is 0 Å². The van der Waals surface area contributed by atoms with E-state index >= 15 is 0 Å². The molecule has 0 saturated heterocycles. The molecule has 0 spiro atoms. The van der Waals surface area contributed by atoms with Crippen LogP contribution in [-0.2, 0) is 4.74 Å². The number of carbonyl (C=O) groups is 2. The number of carbonyl (C=O) groups excluding carboxylic acids is 2. The number of esters is 1. The molecule has 152 valence electrons. The number of ether oxygens (including phenoxy) is 3. The number of benzene rings is 2. The molecule has 2 aromatic carbocycles. The lowest BCUT2D eigenvalue weighted by atomic mass is 10.2. The highest BCUT2D eigenvalue weighted by Crippen LogP contribution is 2.29. The number of amides is 1. The maximum absolute atomic E-state index is 12.4. The molecule has 10 heteroatoms. The largest absolute Gasteiger partial charge is 0.490 e. The number of rotatable bonds is 8. The number of nitrogens with one attached hydrogen (secondary N) is 1. The van der Waals surface area contributed by atoms with Gasteiger partial charge in [0.25, 0.3) is 5.69 Å². The van der Waals surface area contributed by atoms with Gasteiger partial charge in [-0.05, 0) is 43.7 Å². The van der Waals surface area contributed by atoms with Crippen LogP contribution in [0.5, 0.6) is 11.5 Å². The Morgan fingerprint density at radius 3 is 2.62 bits per heavy atom. The molecule has 2 rings (SSSR count). The monoisotopic (exact) mass is 401 g/mol. The Kier molecular flexibility index (Phi) is 7.66. The average molecular weight is 401 g/mol. The molecule has 0 atom stereocenters. The lowest BCUT2D eigenvalue weighted by Crippen LogP contribution is -2.18. The zero-order chi connectivity index (χ0) is 21.2.